The minimum absolute atomic E-state index is 0.485. The summed E-state index contributed by atoms with van der Waals surface area (Å²) in [6.07, 6.45) is 8.52. The first-order valence-electron chi connectivity index (χ1n) is 12.0. The zero-order valence-electron chi connectivity index (χ0n) is 18.7. The van der Waals surface area contributed by atoms with Crippen LogP contribution in [0.15, 0.2) is 12.1 Å². The van der Waals surface area contributed by atoms with Crippen molar-refractivity contribution in [3.05, 3.63) is 27.5 Å². The number of aromatic nitrogens is 2. The number of hydrogen-bond acceptors (Lipinski definition) is 8. The summed E-state index contributed by atoms with van der Waals surface area (Å²) in [5, 5.41) is 9.71. The highest BCUT2D eigenvalue weighted by molar-refractivity contribution is 7.19. The number of morpholine rings is 1. The molecule has 3 aromatic heterocycles. The number of fused-ring (bicyclic) bond motifs is 3. The maximum atomic E-state index is 5.54. The van der Waals surface area contributed by atoms with Crippen molar-refractivity contribution in [3.63, 3.8) is 0 Å². The molecule has 0 radical (unpaired) electrons. The van der Waals surface area contributed by atoms with Crippen molar-refractivity contribution in [1.29, 1.82) is 0 Å². The lowest BCUT2D eigenvalue weighted by molar-refractivity contribution is 0.00791. The summed E-state index contributed by atoms with van der Waals surface area (Å²) in [5.41, 5.74) is 1.49. The standard InChI is InChI=1S/C24H31N5OS2/c1-15-5-10-20(31-15)26-24-27-22(21-18-3-2-4-19(18)32-23(21)28-24)25-16-6-8-17(9-7-16)29-11-13-30-14-12-29/h5,10,16-17H,2-4,6-9,11-14H2,1H3,(H2,25,26,27,28)/t16-,17-. The largest absolute Gasteiger partial charge is 0.379 e. The average Bonchev–Trinajstić information content (AvgIpc) is 3.51. The van der Waals surface area contributed by atoms with Crippen LogP contribution in [0.4, 0.5) is 16.8 Å². The van der Waals surface area contributed by atoms with Crippen LogP contribution >= 0.6 is 22.7 Å². The Bertz CT molecular complexity index is 1100. The summed E-state index contributed by atoms with van der Waals surface area (Å²) in [6.45, 7) is 6.09. The Hall–Kier alpha value is -1.74. The number of nitrogens with one attached hydrogen (secondary N) is 2. The number of nitrogens with zero attached hydrogens (tertiary/aromatic N) is 3. The number of aryl methyl sites for hydroxylation is 3. The maximum absolute atomic E-state index is 5.54. The van der Waals surface area contributed by atoms with E-state index in [1.807, 2.05) is 11.3 Å². The van der Waals surface area contributed by atoms with Gasteiger partial charge in [-0.1, -0.05) is 0 Å². The van der Waals surface area contributed by atoms with Gasteiger partial charge in [-0.15, -0.1) is 22.7 Å². The minimum Gasteiger partial charge on any atom is -0.379 e. The third-order valence-corrected chi connectivity index (χ3v) is 9.24. The van der Waals surface area contributed by atoms with Crippen molar-refractivity contribution in [2.45, 2.75) is 64.0 Å². The lowest BCUT2D eigenvalue weighted by atomic mass is 9.90. The highest BCUT2D eigenvalue weighted by Crippen LogP contribution is 2.41. The van der Waals surface area contributed by atoms with Gasteiger partial charge in [0.2, 0.25) is 5.95 Å². The van der Waals surface area contributed by atoms with Crippen LogP contribution in [0.2, 0.25) is 0 Å². The fraction of sp³-hybridized carbons (Fsp3) is 0.583. The van der Waals surface area contributed by atoms with Gasteiger partial charge in [0.25, 0.3) is 0 Å². The molecule has 2 aliphatic carbocycles. The molecular formula is C24H31N5OS2. The average molecular weight is 470 g/mol. The molecule has 2 fully saturated rings. The number of hydrogen-bond donors (Lipinski definition) is 2. The normalized spacial score (nSPS) is 24.0. The minimum atomic E-state index is 0.485. The third kappa shape index (κ3) is 4.14. The van der Waals surface area contributed by atoms with Crippen molar-refractivity contribution < 1.29 is 4.74 Å². The highest BCUT2D eigenvalue weighted by atomic mass is 32.1. The second-order valence-corrected chi connectivity index (χ2v) is 11.6. The van der Waals surface area contributed by atoms with Gasteiger partial charge < -0.3 is 15.4 Å². The van der Waals surface area contributed by atoms with Crippen LogP contribution in [0.25, 0.3) is 10.2 Å². The van der Waals surface area contributed by atoms with E-state index < -0.39 is 0 Å². The number of rotatable bonds is 5. The monoisotopic (exact) mass is 469 g/mol. The lowest BCUT2D eigenvalue weighted by Crippen LogP contribution is -2.46. The van der Waals surface area contributed by atoms with Crippen molar-refractivity contribution in [2.75, 3.05) is 36.9 Å². The Balaban J connectivity index is 1.23. The van der Waals surface area contributed by atoms with Crippen molar-refractivity contribution in [3.8, 4) is 0 Å². The molecule has 1 saturated heterocycles. The quantitative estimate of drug-likeness (QED) is 0.525. The Morgan fingerprint density at radius 1 is 1.03 bits per heavy atom. The predicted octanol–water partition coefficient (Wildman–Crippen LogP) is 5.35. The number of ether oxygens (including phenoxy) is 1. The van der Waals surface area contributed by atoms with Gasteiger partial charge in [0.15, 0.2) is 0 Å². The lowest BCUT2D eigenvalue weighted by Gasteiger charge is -2.39. The van der Waals surface area contributed by atoms with E-state index in [-0.39, 0.29) is 0 Å². The van der Waals surface area contributed by atoms with E-state index in [1.165, 1.54) is 59.2 Å². The van der Waals surface area contributed by atoms with E-state index in [4.69, 9.17) is 14.7 Å². The van der Waals surface area contributed by atoms with E-state index in [1.54, 1.807) is 11.3 Å². The Morgan fingerprint density at radius 3 is 2.66 bits per heavy atom. The zero-order valence-corrected chi connectivity index (χ0v) is 20.3. The molecule has 3 aliphatic rings. The molecule has 1 saturated carbocycles. The molecule has 3 aromatic rings. The van der Waals surface area contributed by atoms with Gasteiger partial charge in [-0.2, -0.15) is 4.98 Å². The second kappa shape index (κ2) is 8.89. The van der Waals surface area contributed by atoms with Gasteiger partial charge in [-0.05, 0) is 69.6 Å². The molecule has 0 spiro atoms. The molecule has 6 rings (SSSR count). The molecule has 0 aromatic carbocycles. The molecule has 0 unspecified atom stereocenters. The number of thiophene rings is 2. The van der Waals surface area contributed by atoms with E-state index in [2.05, 4.69) is 34.6 Å². The summed E-state index contributed by atoms with van der Waals surface area (Å²) < 4.78 is 5.54. The molecule has 4 heterocycles. The highest BCUT2D eigenvalue weighted by Gasteiger charge is 2.29. The van der Waals surface area contributed by atoms with Crippen LogP contribution in [-0.2, 0) is 17.6 Å². The van der Waals surface area contributed by atoms with Crippen LogP contribution in [0.1, 0.15) is 47.4 Å². The summed E-state index contributed by atoms with van der Waals surface area (Å²) in [7, 11) is 0. The number of anilines is 3. The van der Waals surface area contributed by atoms with Crippen LogP contribution in [-0.4, -0.2) is 53.3 Å². The van der Waals surface area contributed by atoms with Crippen LogP contribution in [0, 0.1) is 6.92 Å². The fourth-order valence-corrected chi connectivity index (χ4v) is 7.51. The van der Waals surface area contributed by atoms with Gasteiger partial charge >= 0.3 is 0 Å². The third-order valence-electron chi connectivity index (χ3n) is 7.14. The van der Waals surface area contributed by atoms with Crippen LogP contribution in [0.3, 0.4) is 0 Å². The van der Waals surface area contributed by atoms with E-state index in [0.29, 0.717) is 18.0 Å². The summed E-state index contributed by atoms with van der Waals surface area (Å²) in [5.74, 6) is 1.75. The van der Waals surface area contributed by atoms with Crippen molar-refractivity contribution >= 4 is 49.7 Å². The fourth-order valence-electron chi connectivity index (χ4n) is 5.49. The Labute approximate surface area is 197 Å². The van der Waals surface area contributed by atoms with E-state index in [9.17, 15) is 0 Å². The van der Waals surface area contributed by atoms with Crippen LogP contribution < -0.4 is 10.6 Å². The van der Waals surface area contributed by atoms with Gasteiger partial charge in [0.1, 0.15) is 10.6 Å². The predicted molar refractivity (Wildman–Crippen MR) is 134 cm³/mol. The molecule has 0 amide bonds. The van der Waals surface area contributed by atoms with Gasteiger partial charge in [-0.25, -0.2) is 4.98 Å². The van der Waals surface area contributed by atoms with E-state index >= 15 is 0 Å². The van der Waals surface area contributed by atoms with Gasteiger partial charge in [0, 0.05) is 34.9 Å². The first kappa shape index (κ1) is 20.8. The first-order chi connectivity index (χ1) is 15.7. The molecule has 2 N–H and O–H groups in total. The summed E-state index contributed by atoms with van der Waals surface area (Å²) in [4.78, 5) is 16.5. The summed E-state index contributed by atoms with van der Waals surface area (Å²) in [6, 6.07) is 5.45. The van der Waals surface area contributed by atoms with Gasteiger partial charge in [-0.3, -0.25) is 4.90 Å². The molecule has 0 atom stereocenters. The topological polar surface area (TPSA) is 62.3 Å². The molecule has 6 nitrogen and oxygen atoms in total. The molecule has 1 aliphatic heterocycles. The Kier molecular flexibility index (Phi) is 5.79. The van der Waals surface area contributed by atoms with Crippen LogP contribution in [0.5, 0.6) is 0 Å². The molecule has 170 valence electrons. The molecular weight excluding hydrogens is 438 g/mol. The first-order valence-corrected chi connectivity index (χ1v) is 13.6. The molecule has 8 heteroatoms. The van der Waals surface area contributed by atoms with Gasteiger partial charge in [0.05, 0.1) is 23.6 Å². The molecule has 32 heavy (non-hydrogen) atoms. The van der Waals surface area contributed by atoms with Crippen molar-refractivity contribution in [2.24, 2.45) is 0 Å². The summed E-state index contributed by atoms with van der Waals surface area (Å²) >= 11 is 3.61. The van der Waals surface area contributed by atoms with Crippen molar-refractivity contribution in [1.82, 2.24) is 14.9 Å². The second-order valence-electron chi connectivity index (χ2n) is 9.27. The Morgan fingerprint density at radius 2 is 1.88 bits per heavy atom. The SMILES string of the molecule is Cc1ccc(Nc2nc(N[C@H]3CC[C@H](N4CCOCC4)CC3)c3c4c(sc3n2)CCC4)s1. The molecule has 0 bridgehead atoms. The smallest absolute Gasteiger partial charge is 0.231 e. The van der Waals surface area contributed by atoms with E-state index in [0.717, 1.165) is 48.4 Å². The maximum Gasteiger partial charge on any atom is 0.231 e. The zero-order chi connectivity index (χ0) is 21.5.